The molecule has 0 radical (unpaired) electrons. The van der Waals surface area contributed by atoms with Gasteiger partial charge in [-0.05, 0) is 55.9 Å². The molecule has 0 aromatic carbocycles. The van der Waals surface area contributed by atoms with Crippen molar-refractivity contribution in [3.63, 3.8) is 0 Å². The molecule has 2 unspecified atom stereocenters. The van der Waals surface area contributed by atoms with Gasteiger partial charge in [-0.15, -0.1) is 0 Å². The van der Waals surface area contributed by atoms with E-state index in [1.54, 1.807) is 7.11 Å². The first-order valence-corrected chi connectivity index (χ1v) is 11.3. The highest BCUT2D eigenvalue weighted by Crippen LogP contribution is 2.61. The molecule has 3 saturated carbocycles. The molecule has 5 nitrogen and oxygen atoms in total. The minimum absolute atomic E-state index is 0.0865. The van der Waals surface area contributed by atoms with Crippen molar-refractivity contribution < 1.29 is 24.9 Å². The topological polar surface area (TPSA) is 87.0 Å². The molecule has 0 saturated heterocycles. The predicted octanol–water partition coefficient (Wildman–Crippen LogP) is 3.53. The van der Waals surface area contributed by atoms with E-state index >= 15 is 0 Å². The van der Waals surface area contributed by atoms with Crippen LogP contribution in [0, 0.1) is 35.5 Å². The summed E-state index contributed by atoms with van der Waals surface area (Å²) in [5.41, 5.74) is 0.730. The van der Waals surface area contributed by atoms with Gasteiger partial charge in [0, 0.05) is 19.4 Å². The Morgan fingerprint density at radius 1 is 1.31 bits per heavy atom. The van der Waals surface area contributed by atoms with Gasteiger partial charge < -0.3 is 20.1 Å². The quantitative estimate of drug-likeness (QED) is 0.466. The van der Waals surface area contributed by atoms with Crippen molar-refractivity contribution in [2.45, 2.75) is 88.9 Å². The largest absolute Gasteiger partial charge is 0.481 e. The van der Waals surface area contributed by atoms with Crippen LogP contribution in [0.2, 0.25) is 0 Å². The molecule has 5 heteroatoms. The summed E-state index contributed by atoms with van der Waals surface area (Å²) in [4.78, 5) is 10.9. The molecule has 3 fully saturated rings. The Labute approximate surface area is 174 Å². The number of carboxylic acid groups (broad SMARTS) is 1. The number of methoxy groups -OCH3 is 1. The highest BCUT2D eigenvalue weighted by atomic mass is 16.5. The molecular formula is C24H36O5. The average molecular weight is 405 g/mol. The number of hydrogen-bond acceptors (Lipinski definition) is 4. The molecule has 6 atom stereocenters. The summed E-state index contributed by atoms with van der Waals surface area (Å²) in [6.45, 7) is 2.12. The van der Waals surface area contributed by atoms with Crippen molar-refractivity contribution in [3.05, 3.63) is 11.6 Å². The van der Waals surface area contributed by atoms with Crippen molar-refractivity contribution in [2.24, 2.45) is 23.7 Å². The number of rotatable bonds is 6. The molecule has 0 spiro atoms. The van der Waals surface area contributed by atoms with Crippen LogP contribution in [-0.4, -0.2) is 46.2 Å². The summed E-state index contributed by atoms with van der Waals surface area (Å²) in [5, 5.41) is 30.3. The number of aliphatic carboxylic acids is 1. The maximum Gasteiger partial charge on any atom is 0.303 e. The monoisotopic (exact) mass is 404 g/mol. The molecule has 162 valence electrons. The van der Waals surface area contributed by atoms with E-state index in [0.29, 0.717) is 12.8 Å². The van der Waals surface area contributed by atoms with Crippen LogP contribution in [0.4, 0.5) is 0 Å². The standard InChI is InChI=1S/C24H36O5/c1-3-17-19(10-7-11-22(27)28)24(29-2)15-14-21(26)18(23(17)24)12-13-20(25)16-8-5-4-6-9-16/h10,16-18,20-21,23,25-26H,3-9,11,14-15H2,1-2H3,(H,27,28)/t17?,18-,20?,21+,23+,24-/m1/s1. The lowest BCUT2D eigenvalue weighted by molar-refractivity contribution is -0.166. The molecule has 0 aliphatic heterocycles. The van der Waals surface area contributed by atoms with Gasteiger partial charge in [0.05, 0.1) is 17.6 Å². The second-order valence-corrected chi connectivity index (χ2v) is 8.99. The maximum atomic E-state index is 10.9. The second-order valence-electron chi connectivity index (χ2n) is 8.99. The minimum atomic E-state index is -0.795. The molecule has 3 rings (SSSR count). The number of aliphatic hydroxyl groups is 2. The van der Waals surface area contributed by atoms with Crippen molar-refractivity contribution in [3.8, 4) is 11.8 Å². The Morgan fingerprint density at radius 3 is 2.66 bits per heavy atom. The third-order valence-corrected chi connectivity index (χ3v) is 7.49. The number of carbonyl (C=O) groups is 1. The summed E-state index contributed by atoms with van der Waals surface area (Å²) >= 11 is 0. The molecule has 0 bridgehead atoms. The zero-order valence-electron chi connectivity index (χ0n) is 17.8. The Bertz CT molecular complexity index is 668. The normalized spacial score (nSPS) is 37.2. The van der Waals surface area contributed by atoms with Gasteiger partial charge in [0.1, 0.15) is 6.10 Å². The van der Waals surface area contributed by atoms with Crippen LogP contribution in [0.3, 0.4) is 0 Å². The average Bonchev–Trinajstić information content (AvgIpc) is 2.72. The molecular weight excluding hydrogens is 368 g/mol. The van der Waals surface area contributed by atoms with Crippen LogP contribution in [0.1, 0.15) is 71.1 Å². The molecule has 3 aliphatic rings. The van der Waals surface area contributed by atoms with Gasteiger partial charge in [0.15, 0.2) is 0 Å². The number of carboxylic acids is 1. The lowest BCUT2D eigenvalue weighted by Gasteiger charge is -2.62. The number of fused-ring (bicyclic) bond motifs is 1. The van der Waals surface area contributed by atoms with Gasteiger partial charge in [0.25, 0.3) is 0 Å². The van der Waals surface area contributed by atoms with E-state index < -0.39 is 23.8 Å². The minimum Gasteiger partial charge on any atom is -0.481 e. The summed E-state index contributed by atoms with van der Waals surface area (Å²) in [6, 6.07) is 0. The summed E-state index contributed by atoms with van der Waals surface area (Å²) < 4.78 is 6.02. The first-order valence-electron chi connectivity index (χ1n) is 11.3. The van der Waals surface area contributed by atoms with Crippen molar-refractivity contribution >= 4 is 5.97 Å². The van der Waals surface area contributed by atoms with Crippen LogP contribution in [0.5, 0.6) is 0 Å². The van der Waals surface area contributed by atoms with Crippen LogP contribution >= 0.6 is 0 Å². The highest BCUT2D eigenvalue weighted by molar-refractivity contribution is 5.66. The lowest BCUT2D eigenvalue weighted by atomic mass is 9.47. The number of aliphatic hydroxyl groups excluding tert-OH is 2. The summed E-state index contributed by atoms with van der Waals surface area (Å²) in [6.07, 6.45) is 9.39. The van der Waals surface area contributed by atoms with E-state index in [0.717, 1.165) is 38.5 Å². The van der Waals surface area contributed by atoms with Crippen molar-refractivity contribution in [1.29, 1.82) is 0 Å². The van der Waals surface area contributed by atoms with Crippen molar-refractivity contribution in [1.82, 2.24) is 0 Å². The third-order valence-electron chi connectivity index (χ3n) is 7.49. The Morgan fingerprint density at radius 2 is 2.03 bits per heavy atom. The van der Waals surface area contributed by atoms with E-state index in [2.05, 4.69) is 18.8 Å². The van der Waals surface area contributed by atoms with E-state index in [-0.39, 0.29) is 30.1 Å². The van der Waals surface area contributed by atoms with Crippen LogP contribution in [-0.2, 0) is 9.53 Å². The molecule has 3 N–H and O–H groups in total. The molecule has 3 aliphatic carbocycles. The molecule has 0 heterocycles. The smallest absolute Gasteiger partial charge is 0.303 e. The second kappa shape index (κ2) is 9.64. The number of hydrogen-bond donors (Lipinski definition) is 3. The molecule has 0 amide bonds. The van der Waals surface area contributed by atoms with Crippen LogP contribution in [0.25, 0.3) is 0 Å². The van der Waals surface area contributed by atoms with Gasteiger partial charge >= 0.3 is 5.97 Å². The fourth-order valence-corrected chi connectivity index (χ4v) is 6.00. The molecule has 0 aromatic heterocycles. The fraction of sp³-hybridized carbons (Fsp3) is 0.792. The van der Waals surface area contributed by atoms with E-state index in [1.165, 1.54) is 12.0 Å². The Hall–Kier alpha value is -1.35. The predicted molar refractivity (Wildman–Crippen MR) is 111 cm³/mol. The number of allylic oxidation sites excluding steroid dienone is 1. The summed E-state index contributed by atoms with van der Waals surface area (Å²) in [5.74, 6) is 5.92. The van der Waals surface area contributed by atoms with Gasteiger partial charge in [0.2, 0.25) is 0 Å². The van der Waals surface area contributed by atoms with Crippen LogP contribution < -0.4 is 0 Å². The van der Waals surface area contributed by atoms with Gasteiger partial charge in [-0.1, -0.05) is 44.1 Å². The van der Waals surface area contributed by atoms with Gasteiger partial charge in [-0.2, -0.15) is 0 Å². The number of ether oxygens (including phenoxy) is 1. The third kappa shape index (κ3) is 4.40. The Kier molecular flexibility index (Phi) is 7.42. The van der Waals surface area contributed by atoms with Gasteiger partial charge in [-0.3, -0.25) is 4.79 Å². The molecule has 29 heavy (non-hydrogen) atoms. The van der Waals surface area contributed by atoms with E-state index in [4.69, 9.17) is 9.84 Å². The zero-order valence-corrected chi connectivity index (χ0v) is 17.8. The van der Waals surface area contributed by atoms with Gasteiger partial charge in [-0.25, -0.2) is 0 Å². The highest BCUT2D eigenvalue weighted by Gasteiger charge is 2.63. The lowest BCUT2D eigenvalue weighted by Crippen LogP contribution is -2.64. The zero-order chi connectivity index (χ0) is 21.0. The van der Waals surface area contributed by atoms with Crippen molar-refractivity contribution in [2.75, 3.05) is 7.11 Å². The summed E-state index contributed by atoms with van der Waals surface area (Å²) in [7, 11) is 1.71. The maximum absolute atomic E-state index is 10.9. The van der Waals surface area contributed by atoms with E-state index in [9.17, 15) is 15.0 Å². The Balaban J connectivity index is 1.80. The van der Waals surface area contributed by atoms with Crippen LogP contribution in [0.15, 0.2) is 11.6 Å². The SMILES string of the molecule is CCC1C(=CCCC(=O)O)[C@]2(OC)CC[C@H](O)[C@@H](C#CC(O)C3CCCCC3)[C@H]12. The first kappa shape index (κ1) is 22.3. The first-order chi connectivity index (χ1) is 13.9. The van der Waals surface area contributed by atoms with E-state index in [1.807, 2.05) is 6.08 Å². The fourth-order valence-electron chi connectivity index (χ4n) is 6.00. The molecule has 0 aromatic rings.